The molecule has 0 spiro atoms. The lowest BCUT2D eigenvalue weighted by atomic mass is 10.2. The van der Waals surface area contributed by atoms with Crippen molar-refractivity contribution in [3.8, 4) is 0 Å². The largest absolute Gasteiger partial charge is 0.329 e. The minimum atomic E-state index is 0.118. The molecular weight excluding hydrogens is 126 g/mol. The maximum Gasteiger partial charge on any atom is 0.0292 e. The van der Waals surface area contributed by atoms with E-state index in [-0.39, 0.29) is 6.04 Å². The Labute approximate surface area is 63.4 Å². The fourth-order valence-electron chi connectivity index (χ4n) is 0.655. The molecule has 0 bridgehead atoms. The SMILES string of the molecule is CC(C)N(C)CC(N)CN. The molecule has 0 aromatic rings. The molecule has 0 saturated carbocycles. The summed E-state index contributed by atoms with van der Waals surface area (Å²) >= 11 is 0. The molecule has 0 aliphatic carbocycles. The van der Waals surface area contributed by atoms with Crippen molar-refractivity contribution in [3.63, 3.8) is 0 Å². The Morgan fingerprint density at radius 1 is 1.40 bits per heavy atom. The summed E-state index contributed by atoms with van der Waals surface area (Å²) in [6.45, 7) is 5.73. The summed E-state index contributed by atoms with van der Waals surface area (Å²) in [6, 6.07) is 0.671. The van der Waals surface area contributed by atoms with E-state index < -0.39 is 0 Å². The van der Waals surface area contributed by atoms with Gasteiger partial charge in [0.25, 0.3) is 0 Å². The summed E-state index contributed by atoms with van der Waals surface area (Å²) in [7, 11) is 2.06. The van der Waals surface area contributed by atoms with Gasteiger partial charge in [-0.1, -0.05) is 0 Å². The lowest BCUT2D eigenvalue weighted by Gasteiger charge is -2.23. The fourth-order valence-corrected chi connectivity index (χ4v) is 0.655. The lowest BCUT2D eigenvalue weighted by Crippen LogP contribution is -2.42. The molecule has 0 aliphatic rings. The van der Waals surface area contributed by atoms with E-state index in [1.54, 1.807) is 0 Å². The molecule has 62 valence electrons. The van der Waals surface area contributed by atoms with Crippen molar-refractivity contribution in [1.82, 2.24) is 4.90 Å². The summed E-state index contributed by atoms with van der Waals surface area (Å²) in [5.41, 5.74) is 11.0. The molecule has 10 heavy (non-hydrogen) atoms. The molecule has 0 aliphatic heterocycles. The molecule has 0 amide bonds. The Hall–Kier alpha value is -0.120. The normalized spacial score (nSPS) is 14.7. The molecule has 0 heterocycles. The minimum Gasteiger partial charge on any atom is -0.329 e. The van der Waals surface area contributed by atoms with Crippen LogP contribution in [0.5, 0.6) is 0 Å². The average molecular weight is 145 g/mol. The first-order valence-electron chi connectivity index (χ1n) is 3.73. The van der Waals surface area contributed by atoms with Crippen LogP contribution in [-0.2, 0) is 0 Å². The molecule has 0 radical (unpaired) electrons. The summed E-state index contributed by atoms with van der Waals surface area (Å²) < 4.78 is 0. The van der Waals surface area contributed by atoms with Crippen molar-refractivity contribution >= 4 is 0 Å². The number of hydrogen-bond acceptors (Lipinski definition) is 3. The summed E-state index contributed by atoms with van der Waals surface area (Å²) in [4.78, 5) is 2.19. The Balaban J connectivity index is 3.46. The van der Waals surface area contributed by atoms with Crippen LogP contribution in [-0.4, -0.2) is 37.1 Å². The third-order valence-electron chi connectivity index (χ3n) is 1.71. The van der Waals surface area contributed by atoms with Crippen LogP contribution in [0.15, 0.2) is 0 Å². The second-order valence-corrected chi connectivity index (χ2v) is 3.03. The van der Waals surface area contributed by atoms with Gasteiger partial charge in [-0.2, -0.15) is 0 Å². The molecule has 3 heteroatoms. The van der Waals surface area contributed by atoms with E-state index in [2.05, 4.69) is 25.8 Å². The van der Waals surface area contributed by atoms with Gasteiger partial charge in [0.2, 0.25) is 0 Å². The van der Waals surface area contributed by atoms with Crippen molar-refractivity contribution < 1.29 is 0 Å². The fraction of sp³-hybridized carbons (Fsp3) is 1.00. The number of likely N-dealkylation sites (N-methyl/N-ethyl adjacent to an activating group) is 1. The van der Waals surface area contributed by atoms with Crippen LogP contribution in [0.1, 0.15) is 13.8 Å². The van der Waals surface area contributed by atoms with Gasteiger partial charge in [0.1, 0.15) is 0 Å². The zero-order valence-corrected chi connectivity index (χ0v) is 7.17. The highest BCUT2D eigenvalue weighted by atomic mass is 15.1. The zero-order valence-electron chi connectivity index (χ0n) is 7.17. The van der Waals surface area contributed by atoms with Crippen molar-refractivity contribution in [2.75, 3.05) is 20.1 Å². The van der Waals surface area contributed by atoms with Gasteiger partial charge in [-0.05, 0) is 20.9 Å². The van der Waals surface area contributed by atoms with Crippen LogP contribution in [0, 0.1) is 0 Å². The van der Waals surface area contributed by atoms with E-state index >= 15 is 0 Å². The Morgan fingerprint density at radius 2 is 1.90 bits per heavy atom. The van der Waals surface area contributed by atoms with E-state index in [0.717, 1.165) is 6.54 Å². The van der Waals surface area contributed by atoms with Gasteiger partial charge in [-0.3, -0.25) is 0 Å². The molecule has 1 atom stereocenters. The van der Waals surface area contributed by atoms with Crippen molar-refractivity contribution in [3.05, 3.63) is 0 Å². The maximum atomic E-state index is 5.64. The highest BCUT2D eigenvalue weighted by Gasteiger charge is 2.06. The maximum absolute atomic E-state index is 5.64. The second kappa shape index (κ2) is 4.66. The topological polar surface area (TPSA) is 55.3 Å². The second-order valence-electron chi connectivity index (χ2n) is 3.03. The molecule has 1 unspecified atom stereocenters. The molecule has 4 N–H and O–H groups in total. The molecule has 0 saturated heterocycles. The van der Waals surface area contributed by atoms with E-state index in [1.807, 2.05) is 0 Å². The monoisotopic (exact) mass is 145 g/mol. The Morgan fingerprint density at radius 3 is 2.20 bits per heavy atom. The predicted octanol–water partition coefficient (Wildman–Crippen LogP) is -0.387. The number of rotatable bonds is 4. The van der Waals surface area contributed by atoms with Gasteiger partial charge in [-0.15, -0.1) is 0 Å². The number of nitrogens with zero attached hydrogens (tertiary/aromatic N) is 1. The van der Waals surface area contributed by atoms with Gasteiger partial charge in [0.05, 0.1) is 0 Å². The molecule has 0 aromatic heterocycles. The van der Waals surface area contributed by atoms with Gasteiger partial charge in [-0.25, -0.2) is 0 Å². The van der Waals surface area contributed by atoms with E-state index in [4.69, 9.17) is 11.5 Å². The smallest absolute Gasteiger partial charge is 0.0292 e. The molecule has 0 rings (SSSR count). The van der Waals surface area contributed by atoms with Crippen molar-refractivity contribution in [2.24, 2.45) is 11.5 Å². The summed E-state index contributed by atoms with van der Waals surface area (Å²) in [6.07, 6.45) is 0. The van der Waals surface area contributed by atoms with Gasteiger partial charge in [0.15, 0.2) is 0 Å². The van der Waals surface area contributed by atoms with Crippen LogP contribution >= 0.6 is 0 Å². The third kappa shape index (κ3) is 3.82. The van der Waals surface area contributed by atoms with Gasteiger partial charge >= 0.3 is 0 Å². The highest BCUT2D eigenvalue weighted by Crippen LogP contribution is 1.92. The standard InChI is InChI=1S/C7H19N3/c1-6(2)10(3)5-7(9)4-8/h6-7H,4-5,8-9H2,1-3H3. The Kier molecular flexibility index (Phi) is 4.60. The van der Waals surface area contributed by atoms with E-state index in [9.17, 15) is 0 Å². The first-order chi connectivity index (χ1) is 4.57. The van der Waals surface area contributed by atoms with Crippen LogP contribution < -0.4 is 11.5 Å². The number of nitrogens with two attached hydrogens (primary N) is 2. The first-order valence-corrected chi connectivity index (χ1v) is 3.73. The first kappa shape index (κ1) is 9.88. The quantitative estimate of drug-likeness (QED) is 0.566. The van der Waals surface area contributed by atoms with Gasteiger partial charge < -0.3 is 16.4 Å². The van der Waals surface area contributed by atoms with Crippen molar-refractivity contribution in [1.29, 1.82) is 0 Å². The van der Waals surface area contributed by atoms with Crippen LogP contribution in [0.4, 0.5) is 0 Å². The Bertz CT molecular complexity index is 82.9. The molecule has 3 nitrogen and oxygen atoms in total. The molecule has 0 aromatic carbocycles. The predicted molar refractivity (Wildman–Crippen MR) is 44.8 cm³/mol. The van der Waals surface area contributed by atoms with Crippen LogP contribution in [0.2, 0.25) is 0 Å². The zero-order chi connectivity index (χ0) is 8.15. The lowest BCUT2D eigenvalue weighted by molar-refractivity contribution is 0.258. The molecular formula is C7H19N3. The van der Waals surface area contributed by atoms with E-state index in [0.29, 0.717) is 12.6 Å². The van der Waals surface area contributed by atoms with Crippen LogP contribution in [0.3, 0.4) is 0 Å². The summed E-state index contributed by atoms with van der Waals surface area (Å²) in [5, 5.41) is 0. The highest BCUT2D eigenvalue weighted by molar-refractivity contribution is 4.68. The van der Waals surface area contributed by atoms with E-state index in [1.165, 1.54) is 0 Å². The number of hydrogen-bond donors (Lipinski definition) is 2. The van der Waals surface area contributed by atoms with Gasteiger partial charge in [0, 0.05) is 25.2 Å². The van der Waals surface area contributed by atoms with Crippen LogP contribution in [0.25, 0.3) is 0 Å². The molecule has 0 fully saturated rings. The summed E-state index contributed by atoms with van der Waals surface area (Å²) in [5.74, 6) is 0. The van der Waals surface area contributed by atoms with Crippen molar-refractivity contribution in [2.45, 2.75) is 25.9 Å². The third-order valence-corrected chi connectivity index (χ3v) is 1.71. The average Bonchev–Trinajstić information content (AvgIpc) is 1.87. The minimum absolute atomic E-state index is 0.118.